The molecule has 1 N–H and O–H groups in total. The van der Waals surface area contributed by atoms with Crippen LogP contribution < -0.4 is 5.32 Å². The predicted octanol–water partition coefficient (Wildman–Crippen LogP) is 4.01. The van der Waals surface area contributed by atoms with E-state index in [9.17, 15) is 10.1 Å². The van der Waals surface area contributed by atoms with E-state index in [0.29, 0.717) is 12.8 Å². The van der Waals surface area contributed by atoms with E-state index in [2.05, 4.69) is 32.2 Å². The Labute approximate surface area is 121 Å². The van der Waals surface area contributed by atoms with Gasteiger partial charge in [0.1, 0.15) is 5.41 Å². The van der Waals surface area contributed by atoms with Crippen LogP contribution in [0.1, 0.15) is 52.0 Å². The number of nitrogens with zero attached hydrogens (tertiary/aromatic N) is 1. The largest absolute Gasteiger partial charge is 0.324 e. The first kappa shape index (κ1) is 14.6. The van der Waals surface area contributed by atoms with E-state index in [1.165, 1.54) is 0 Å². The summed E-state index contributed by atoms with van der Waals surface area (Å²) in [6, 6.07) is 10.1. The molecular formula is C17H22N2O. The number of rotatable bonds is 2. The summed E-state index contributed by atoms with van der Waals surface area (Å²) in [6.07, 6.45) is 3.27. The van der Waals surface area contributed by atoms with Crippen LogP contribution >= 0.6 is 0 Å². The Hall–Kier alpha value is -1.82. The summed E-state index contributed by atoms with van der Waals surface area (Å²) in [4.78, 5) is 12.5. The Bertz CT molecular complexity index is 543. The minimum absolute atomic E-state index is 0.0423. The molecule has 0 unspecified atom stereocenters. The van der Waals surface area contributed by atoms with Crippen molar-refractivity contribution in [1.29, 1.82) is 5.26 Å². The first-order valence-corrected chi connectivity index (χ1v) is 7.21. The van der Waals surface area contributed by atoms with Crippen LogP contribution in [0.5, 0.6) is 0 Å². The molecule has 0 heterocycles. The quantitative estimate of drug-likeness (QED) is 0.882. The highest BCUT2D eigenvalue weighted by Gasteiger charge is 2.41. The average Bonchev–Trinajstić information content (AvgIpc) is 2.88. The molecule has 1 aromatic carbocycles. The molecule has 106 valence electrons. The lowest BCUT2D eigenvalue weighted by molar-refractivity contribution is -0.122. The fraction of sp³-hybridized carbons (Fsp3) is 0.529. The Kier molecular flexibility index (Phi) is 3.85. The average molecular weight is 270 g/mol. The van der Waals surface area contributed by atoms with Crippen LogP contribution in [0.4, 0.5) is 5.69 Å². The van der Waals surface area contributed by atoms with E-state index >= 15 is 0 Å². The molecule has 3 nitrogen and oxygen atoms in total. The maximum absolute atomic E-state index is 12.5. The van der Waals surface area contributed by atoms with Crippen molar-refractivity contribution < 1.29 is 4.79 Å². The van der Waals surface area contributed by atoms with Gasteiger partial charge in [-0.05, 0) is 29.9 Å². The molecule has 1 aromatic rings. The van der Waals surface area contributed by atoms with Crippen LogP contribution in [-0.4, -0.2) is 5.91 Å². The van der Waals surface area contributed by atoms with Crippen LogP contribution in [0, 0.1) is 16.7 Å². The van der Waals surface area contributed by atoms with E-state index in [-0.39, 0.29) is 11.3 Å². The smallest absolute Gasteiger partial charge is 0.244 e. The summed E-state index contributed by atoms with van der Waals surface area (Å²) in [7, 11) is 0. The molecule has 0 radical (unpaired) electrons. The third kappa shape index (κ3) is 2.70. The van der Waals surface area contributed by atoms with Gasteiger partial charge in [0.25, 0.3) is 0 Å². The number of amides is 1. The molecule has 1 fully saturated rings. The summed E-state index contributed by atoms with van der Waals surface area (Å²) in [5, 5.41) is 12.4. The number of anilines is 1. The molecule has 0 bridgehead atoms. The zero-order valence-electron chi connectivity index (χ0n) is 12.5. The van der Waals surface area contributed by atoms with Crippen molar-refractivity contribution >= 4 is 11.6 Å². The summed E-state index contributed by atoms with van der Waals surface area (Å²) in [6.45, 7) is 6.36. The Morgan fingerprint density at radius 3 is 2.40 bits per heavy atom. The zero-order chi connectivity index (χ0) is 14.8. The fourth-order valence-corrected chi connectivity index (χ4v) is 2.86. The summed E-state index contributed by atoms with van der Waals surface area (Å²) >= 11 is 0. The van der Waals surface area contributed by atoms with Gasteiger partial charge in [-0.25, -0.2) is 0 Å². The number of para-hydroxylation sites is 1. The van der Waals surface area contributed by atoms with Gasteiger partial charge in [0.2, 0.25) is 5.91 Å². The van der Waals surface area contributed by atoms with Gasteiger partial charge in [0, 0.05) is 5.69 Å². The Morgan fingerprint density at radius 2 is 1.85 bits per heavy atom. The van der Waals surface area contributed by atoms with E-state index in [1.54, 1.807) is 0 Å². The van der Waals surface area contributed by atoms with Crippen LogP contribution in [0.15, 0.2) is 24.3 Å². The first-order valence-electron chi connectivity index (χ1n) is 7.21. The molecule has 2 rings (SSSR count). The van der Waals surface area contributed by atoms with E-state index in [0.717, 1.165) is 24.1 Å². The normalized spacial score (nSPS) is 17.5. The lowest BCUT2D eigenvalue weighted by Crippen LogP contribution is -2.33. The number of hydrogen-bond acceptors (Lipinski definition) is 2. The Morgan fingerprint density at radius 1 is 1.25 bits per heavy atom. The first-order chi connectivity index (χ1) is 9.39. The molecule has 0 atom stereocenters. The standard InChI is InChI=1S/C17H22N2O/c1-16(2,3)13-8-4-5-9-14(13)19-15(20)17(12-18)10-6-7-11-17/h4-5,8-9H,6-7,10-11H2,1-3H3,(H,19,20). The van der Waals surface area contributed by atoms with Crippen molar-refractivity contribution in [2.24, 2.45) is 5.41 Å². The van der Waals surface area contributed by atoms with E-state index < -0.39 is 5.41 Å². The van der Waals surface area contributed by atoms with Gasteiger partial charge in [-0.2, -0.15) is 5.26 Å². The number of hydrogen-bond donors (Lipinski definition) is 1. The zero-order valence-corrected chi connectivity index (χ0v) is 12.5. The van der Waals surface area contributed by atoms with Crippen molar-refractivity contribution in [2.45, 2.75) is 51.9 Å². The highest BCUT2D eigenvalue weighted by Crippen LogP contribution is 2.39. The van der Waals surface area contributed by atoms with Crippen LogP contribution in [0.3, 0.4) is 0 Å². The van der Waals surface area contributed by atoms with Crippen molar-refractivity contribution in [3.63, 3.8) is 0 Å². The molecule has 0 aromatic heterocycles. The molecule has 0 spiro atoms. The third-order valence-corrected chi connectivity index (χ3v) is 4.09. The molecule has 0 saturated heterocycles. The second kappa shape index (κ2) is 5.28. The van der Waals surface area contributed by atoms with Crippen molar-refractivity contribution in [1.82, 2.24) is 0 Å². The monoisotopic (exact) mass is 270 g/mol. The van der Waals surface area contributed by atoms with Crippen LogP contribution in [-0.2, 0) is 10.2 Å². The number of nitrogens with one attached hydrogen (secondary N) is 1. The summed E-state index contributed by atoms with van der Waals surface area (Å²) < 4.78 is 0. The van der Waals surface area contributed by atoms with E-state index in [4.69, 9.17) is 0 Å². The fourth-order valence-electron chi connectivity index (χ4n) is 2.86. The number of benzene rings is 1. The Balaban J connectivity index is 2.27. The number of nitriles is 1. The van der Waals surface area contributed by atoms with E-state index in [1.807, 2.05) is 24.3 Å². The van der Waals surface area contributed by atoms with Crippen LogP contribution in [0.25, 0.3) is 0 Å². The molecule has 3 heteroatoms. The number of carbonyl (C=O) groups is 1. The SMILES string of the molecule is CC(C)(C)c1ccccc1NC(=O)C1(C#N)CCCC1. The summed E-state index contributed by atoms with van der Waals surface area (Å²) in [5.41, 5.74) is 1.05. The van der Waals surface area contributed by atoms with Crippen molar-refractivity contribution in [2.75, 3.05) is 5.32 Å². The number of carbonyl (C=O) groups excluding carboxylic acids is 1. The maximum atomic E-state index is 12.5. The second-order valence-corrected chi connectivity index (χ2v) is 6.65. The topological polar surface area (TPSA) is 52.9 Å². The second-order valence-electron chi connectivity index (χ2n) is 6.65. The van der Waals surface area contributed by atoms with Crippen LogP contribution in [0.2, 0.25) is 0 Å². The van der Waals surface area contributed by atoms with Crippen molar-refractivity contribution in [3.8, 4) is 6.07 Å². The lowest BCUT2D eigenvalue weighted by Gasteiger charge is -2.25. The molecule has 1 aliphatic rings. The lowest BCUT2D eigenvalue weighted by atomic mass is 9.84. The van der Waals surface area contributed by atoms with Gasteiger partial charge in [0.05, 0.1) is 6.07 Å². The van der Waals surface area contributed by atoms with Gasteiger partial charge in [0.15, 0.2) is 0 Å². The van der Waals surface area contributed by atoms with Gasteiger partial charge < -0.3 is 5.32 Å². The predicted molar refractivity (Wildman–Crippen MR) is 80.3 cm³/mol. The molecule has 1 aliphatic carbocycles. The van der Waals surface area contributed by atoms with Gasteiger partial charge in [-0.15, -0.1) is 0 Å². The third-order valence-electron chi connectivity index (χ3n) is 4.09. The highest BCUT2D eigenvalue weighted by molar-refractivity contribution is 5.98. The van der Waals surface area contributed by atoms with Gasteiger partial charge >= 0.3 is 0 Å². The molecular weight excluding hydrogens is 248 g/mol. The minimum atomic E-state index is -0.828. The molecule has 1 amide bonds. The van der Waals surface area contributed by atoms with Gasteiger partial charge in [-0.1, -0.05) is 51.8 Å². The molecule has 20 heavy (non-hydrogen) atoms. The van der Waals surface area contributed by atoms with Crippen molar-refractivity contribution in [3.05, 3.63) is 29.8 Å². The van der Waals surface area contributed by atoms with Gasteiger partial charge in [-0.3, -0.25) is 4.79 Å². The minimum Gasteiger partial charge on any atom is -0.324 e. The highest BCUT2D eigenvalue weighted by atomic mass is 16.2. The summed E-state index contributed by atoms with van der Waals surface area (Å²) in [5.74, 6) is -0.144. The maximum Gasteiger partial charge on any atom is 0.244 e. The molecule has 0 aliphatic heterocycles. The molecule has 1 saturated carbocycles.